The molecule has 4 nitrogen and oxygen atoms in total. The largest absolute Gasteiger partial charge is 0.378 e. The van der Waals surface area contributed by atoms with Gasteiger partial charge in [-0.25, -0.2) is 0 Å². The SMILES string of the molecule is CC(C(=O)NCCCOC1CCNCC1)C1CC1. The van der Waals surface area contributed by atoms with E-state index in [1.807, 2.05) is 6.92 Å². The van der Waals surface area contributed by atoms with Crippen molar-refractivity contribution in [2.24, 2.45) is 11.8 Å². The summed E-state index contributed by atoms with van der Waals surface area (Å²) in [6, 6.07) is 0. The van der Waals surface area contributed by atoms with Gasteiger partial charge in [-0.1, -0.05) is 6.92 Å². The highest BCUT2D eigenvalue weighted by atomic mass is 16.5. The summed E-state index contributed by atoms with van der Waals surface area (Å²) in [6.07, 6.45) is 6.04. The van der Waals surface area contributed by atoms with E-state index in [4.69, 9.17) is 4.74 Å². The zero-order valence-electron chi connectivity index (χ0n) is 11.4. The number of carbonyl (C=O) groups excluding carboxylic acids is 1. The molecule has 1 saturated heterocycles. The Kier molecular flexibility index (Phi) is 5.45. The first-order valence-electron chi connectivity index (χ1n) is 7.37. The molecule has 104 valence electrons. The van der Waals surface area contributed by atoms with E-state index in [0.717, 1.165) is 45.5 Å². The van der Waals surface area contributed by atoms with Crippen molar-refractivity contribution in [1.29, 1.82) is 0 Å². The van der Waals surface area contributed by atoms with Crippen LogP contribution in [0.2, 0.25) is 0 Å². The molecule has 1 unspecified atom stereocenters. The monoisotopic (exact) mass is 254 g/mol. The maximum absolute atomic E-state index is 11.7. The highest BCUT2D eigenvalue weighted by molar-refractivity contribution is 5.78. The van der Waals surface area contributed by atoms with E-state index in [1.54, 1.807) is 0 Å². The molecule has 2 N–H and O–H groups in total. The third-order valence-corrected chi connectivity index (χ3v) is 4.00. The number of piperidine rings is 1. The molecule has 1 heterocycles. The van der Waals surface area contributed by atoms with E-state index in [2.05, 4.69) is 10.6 Å². The second kappa shape index (κ2) is 7.10. The Labute approximate surface area is 110 Å². The molecule has 1 saturated carbocycles. The van der Waals surface area contributed by atoms with Crippen molar-refractivity contribution in [2.75, 3.05) is 26.2 Å². The Hall–Kier alpha value is -0.610. The molecular weight excluding hydrogens is 228 g/mol. The summed E-state index contributed by atoms with van der Waals surface area (Å²) in [5.41, 5.74) is 0. The Morgan fingerprint density at radius 2 is 2.06 bits per heavy atom. The van der Waals surface area contributed by atoms with Gasteiger partial charge < -0.3 is 15.4 Å². The first-order valence-corrected chi connectivity index (χ1v) is 7.37. The molecule has 0 aromatic carbocycles. The maximum atomic E-state index is 11.7. The second-order valence-corrected chi connectivity index (χ2v) is 5.59. The third kappa shape index (κ3) is 4.58. The van der Waals surface area contributed by atoms with Crippen molar-refractivity contribution in [3.63, 3.8) is 0 Å². The molecule has 1 atom stereocenters. The van der Waals surface area contributed by atoms with E-state index in [9.17, 15) is 4.79 Å². The van der Waals surface area contributed by atoms with Crippen molar-refractivity contribution in [2.45, 2.75) is 45.1 Å². The first-order chi connectivity index (χ1) is 8.77. The Morgan fingerprint density at radius 3 is 2.72 bits per heavy atom. The molecule has 4 heteroatoms. The van der Waals surface area contributed by atoms with E-state index >= 15 is 0 Å². The molecule has 2 aliphatic rings. The van der Waals surface area contributed by atoms with Gasteiger partial charge in [-0.15, -0.1) is 0 Å². The molecule has 1 aliphatic carbocycles. The van der Waals surface area contributed by atoms with E-state index in [1.165, 1.54) is 12.8 Å². The Balaban J connectivity index is 1.46. The van der Waals surface area contributed by atoms with Gasteiger partial charge in [0, 0.05) is 19.1 Å². The normalized spacial score (nSPS) is 22.7. The lowest BCUT2D eigenvalue weighted by atomic mass is 10.1. The molecule has 1 amide bonds. The van der Waals surface area contributed by atoms with Gasteiger partial charge in [-0.3, -0.25) is 4.79 Å². The standard InChI is InChI=1S/C14H26N2O2/c1-11(12-3-4-12)14(17)16-7-2-10-18-13-5-8-15-9-6-13/h11-13,15H,2-10H2,1H3,(H,16,17). The van der Waals surface area contributed by atoms with Gasteiger partial charge in [-0.05, 0) is 51.1 Å². The summed E-state index contributed by atoms with van der Waals surface area (Å²) in [7, 11) is 0. The topological polar surface area (TPSA) is 50.4 Å². The Morgan fingerprint density at radius 1 is 1.33 bits per heavy atom. The van der Waals surface area contributed by atoms with Crippen LogP contribution in [0.4, 0.5) is 0 Å². The number of hydrogen-bond donors (Lipinski definition) is 2. The van der Waals surface area contributed by atoms with Crippen LogP contribution in [0.3, 0.4) is 0 Å². The number of nitrogens with one attached hydrogen (secondary N) is 2. The molecular formula is C14H26N2O2. The van der Waals surface area contributed by atoms with Crippen LogP contribution in [0.1, 0.15) is 39.0 Å². The summed E-state index contributed by atoms with van der Waals surface area (Å²) in [6.45, 7) is 5.70. The van der Waals surface area contributed by atoms with E-state index in [-0.39, 0.29) is 11.8 Å². The zero-order chi connectivity index (χ0) is 12.8. The van der Waals surface area contributed by atoms with Crippen LogP contribution in [0.15, 0.2) is 0 Å². The minimum atomic E-state index is 0.204. The molecule has 0 bridgehead atoms. The van der Waals surface area contributed by atoms with Gasteiger partial charge >= 0.3 is 0 Å². The molecule has 0 aromatic rings. The minimum Gasteiger partial charge on any atom is -0.378 e. The van der Waals surface area contributed by atoms with Crippen LogP contribution in [0.5, 0.6) is 0 Å². The summed E-state index contributed by atoms with van der Waals surface area (Å²) < 4.78 is 5.79. The maximum Gasteiger partial charge on any atom is 0.223 e. The molecule has 0 spiro atoms. The lowest BCUT2D eigenvalue weighted by molar-refractivity contribution is -0.125. The molecule has 1 aliphatic heterocycles. The lowest BCUT2D eigenvalue weighted by Gasteiger charge is -2.23. The average Bonchev–Trinajstić information content (AvgIpc) is 3.23. The van der Waals surface area contributed by atoms with Crippen molar-refractivity contribution < 1.29 is 9.53 Å². The fraction of sp³-hybridized carbons (Fsp3) is 0.929. The van der Waals surface area contributed by atoms with Crippen LogP contribution in [0, 0.1) is 11.8 Å². The molecule has 18 heavy (non-hydrogen) atoms. The summed E-state index contributed by atoms with van der Waals surface area (Å²) in [4.78, 5) is 11.7. The van der Waals surface area contributed by atoms with Crippen molar-refractivity contribution in [1.82, 2.24) is 10.6 Å². The Bertz CT molecular complexity index is 261. The lowest BCUT2D eigenvalue weighted by Crippen LogP contribution is -2.34. The summed E-state index contributed by atoms with van der Waals surface area (Å²) >= 11 is 0. The summed E-state index contributed by atoms with van der Waals surface area (Å²) in [5, 5.41) is 6.33. The van der Waals surface area contributed by atoms with Gasteiger partial charge in [0.15, 0.2) is 0 Å². The van der Waals surface area contributed by atoms with Crippen LogP contribution in [-0.2, 0) is 9.53 Å². The summed E-state index contributed by atoms with van der Waals surface area (Å²) in [5.74, 6) is 1.07. The van der Waals surface area contributed by atoms with Gasteiger partial charge in [0.2, 0.25) is 5.91 Å². The predicted octanol–water partition coefficient (Wildman–Crippen LogP) is 1.31. The highest BCUT2D eigenvalue weighted by Crippen LogP contribution is 2.36. The van der Waals surface area contributed by atoms with Crippen LogP contribution >= 0.6 is 0 Å². The predicted molar refractivity (Wildman–Crippen MR) is 71.4 cm³/mol. The number of rotatable bonds is 7. The smallest absolute Gasteiger partial charge is 0.223 e. The molecule has 2 rings (SSSR count). The van der Waals surface area contributed by atoms with Gasteiger partial charge in [-0.2, -0.15) is 0 Å². The number of ether oxygens (including phenoxy) is 1. The van der Waals surface area contributed by atoms with Gasteiger partial charge in [0.25, 0.3) is 0 Å². The fourth-order valence-electron chi connectivity index (χ4n) is 2.47. The second-order valence-electron chi connectivity index (χ2n) is 5.59. The average molecular weight is 254 g/mol. The van der Waals surface area contributed by atoms with Gasteiger partial charge in [0.05, 0.1) is 6.10 Å². The van der Waals surface area contributed by atoms with Crippen LogP contribution in [-0.4, -0.2) is 38.3 Å². The highest BCUT2D eigenvalue weighted by Gasteiger charge is 2.32. The molecule has 2 fully saturated rings. The quantitative estimate of drug-likeness (QED) is 0.673. The minimum absolute atomic E-state index is 0.204. The molecule has 0 aromatic heterocycles. The van der Waals surface area contributed by atoms with E-state index in [0.29, 0.717) is 12.0 Å². The first kappa shape index (κ1) is 13.8. The number of carbonyl (C=O) groups is 1. The van der Waals surface area contributed by atoms with Crippen LogP contribution in [0.25, 0.3) is 0 Å². The van der Waals surface area contributed by atoms with Crippen molar-refractivity contribution in [3.05, 3.63) is 0 Å². The van der Waals surface area contributed by atoms with Crippen molar-refractivity contribution in [3.8, 4) is 0 Å². The van der Waals surface area contributed by atoms with Crippen LogP contribution < -0.4 is 10.6 Å². The fourth-order valence-corrected chi connectivity index (χ4v) is 2.47. The third-order valence-electron chi connectivity index (χ3n) is 4.00. The van der Waals surface area contributed by atoms with Gasteiger partial charge in [0.1, 0.15) is 0 Å². The number of amides is 1. The van der Waals surface area contributed by atoms with Crippen molar-refractivity contribution >= 4 is 5.91 Å². The van der Waals surface area contributed by atoms with E-state index < -0.39 is 0 Å². The zero-order valence-corrected chi connectivity index (χ0v) is 11.4. The molecule has 0 radical (unpaired) electrons. The number of hydrogen-bond acceptors (Lipinski definition) is 3.